The van der Waals surface area contributed by atoms with Crippen molar-refractivity contribution < 1.29 is 54.8 Å². The summed E-state index contributed by atoms with van der Waals surface area (Å²) in [5, 5.41) is 0. The van der Waals surface area contributed by atoms with E-state index in [-0.39, 0.29) is 608 Å². The summed E-state index contributed by atoms with van der Waals surface area (Å²) in [5.41, 5.74) is 0. The van der Waals surface area contributed by atoms with Crippen LogP contribution in [0.5, 0.6) is 0 Å². The highest BCUT2D eigenvalue weighted by molar-refractivity contribution is 2.22. The van der Waals surface area contributed by atoms with Crippen molar-refractivity contribution in [2.75, 3.05) is 0 Å². The van der Waals surface area contributed by atoms with E-state index in [9.17, 15) is 0 Å². The van der Waals surface area contributed by atoms with E-state index in [4.69, 9.17) is 0 Å². The van der Waals surface area contributed by atoms with Crippen LogP contribution in [-0.4, -0.2) is 49.3 Å². The Kier molecular flexibility index (Phi) is 28400000. The van der Waals surface area contributed by atoms with Crippen LogP contribution in [0.25, 0.3) is 0 Å². The molecule has 0 saturated carbocycles. The second kappa shape index (κ2) is 52500. The van der Waals surface area contributed by atoms with Gasteiger partial charge in [0.2, 0.25) is 0 Å². The van der Waals surface area contributed by atoms with Crippen molar-refractivity contribution in [1.82, 2.24) is 554 Å². The lowest BCUT2D eigenvalue weighted by atomic mass is 14.0. The van der Waals surface area contributed by atoms with Crippen molar-refractivity contribution in [3.63, 3.8) is 0 Å². The molecular weight excluding hydrogens is 1420 g/mol. The van der Waals surface area contributed by atoms with Crippen LogP contribution < -0.4 is 554 Å². The number of hydrogen-bond acceptors (Lipinski definition) is 0. The SMILES string of the molecule is O.O.O.O.O.O.O.O.O.[N].[N].[N].[N].[N].[N].[N].[N].[N].[N].[N].[N].[N].[N].[N].[N].[N].[N].[N].[N].[N].[N].[N].[N].[N].[N].[N].[N].[N].[N].[N].[N].[N].[N].[N].[N].[N].[N].[N].[N].[N].[N].[N].[N].[N].[N].[N].[N].[N].[N].[N].[N].[N].[N].[N].[N].[N].[N].[N].[N].[N].[N].[N].[N].[N].[N].[N].[N].[N].[N].[N].[N].[N].[N].[N].[N].[N].[N].[N].[N].[N].[N].[N].[N].[N].[N].[N].[N].[N].[N].[O]. The highest BCUT2D eigenvalue weighted by atomic mass is 16.0. The van der Waals surface area contributed by atoms with Gasteiger partial charge in [-0.1, -0.05) is 0 Å². The number of nitrogens with zero attached hydrogens (tertiary/aromatic N) is 90. The van der Waals surface area contributed by atoms with E-state index in [2.05, 4.69) is 0 Å². The van der Waals surface area contributed by atoms with Gasteiger partial charge in [-0.25, -0.2) is 0 Å². The third-order valence-electron chi connectivity index (χ3n) is 0. The molecular formula is H18N90O10. The average Bonchev–Trinajstić information content (AvgIpc) is 0. The minimum atomic E-state index is 0. The summed E-state index contributed by atoms with van der Waals surface area (Å²) in [6, 6.07) is 0. The molecule has 272 radical (unpaired) electrons. The summed E-state index contributed by atoms with van der Waals surface area (Å²) in [5.74, 6) is 0. The van der Waals surface area contributed by atoms with Crippen LogP contribution >= 0.6 is 0 Å². The molecule has 0 unspecified atom stereocenters. The first-order chi connectivity index (χ1) is 0. The summed E-state index contributed by atoms with van der Waals surface area (Å²) in [6.07, 6.45) is 0. The molecule has 528 valence electrons. The molecule has 0 spiro atoms. The molecule has 0 atom stereocenters. The second-order valence-corrected chi connectivity index (χ2v) is 0. The Hall–Kier alpha value is -4.00. The van der Waals surface area contributed by atoms with Gasteiger partial charge in [0.1, 0.15) is 0 Å². The van der Waals surface area contributed by atoms with E-state index in [1.165, 1.54) is 0 Å². The lowest BCUT2D eigenvalue weighted by Crippen LogP contribution is -0.482. The monoisotopic (exact) mass is 1440 g/mol. The third kappa shape index (κ3) is 50800. The fraction of sp³-hybridized carbons (Fsp3) is 0. The Balaban J connectivity index is 0. The van der Waals surface area contributed by atoms with Crippen LogP contribution in [0.3, 0.4) is 0 Å². The summed E-state index contributed by atoms with van der Waals surface area (Å²) in [6.45, 7) is 0. The Morgan fingerprint density at radius 1 is 0.0300 bits per heavy atom. The lowest BCUT2D eigenvalue weighted by molar-refractivity contribution is 0.686. The van der Waals surface area contributed by atoms with E-state index in [1.807, 2.05) is 0 Å². The Bertz CT molecular complexity index is 46.9. The van der Waals surface area contributed by atoms with Gasteiger partial charge in [0.05, 0.1) is 0 Å². The van der Waals surface area contributed by atoms with Crippen molar-refractivity contribution in [3.05, 3.63) is 0 Å². The molecule has 100 nitrogen and oxygen atoms in total. The van der Waals surface area contributed by atoms with Crippen LogP contribution in [0.15, 0.2) is 0 Å². The Morgan fingerprint density at radius 3 is 0.0300 bits per heavy atom. The first-order valence-electron chi connectivity index (χ1n) is 0. The van der Waals surface area contributed by atoms with Crippen molar-refractivity contribution in [1.29, 1.82) is 0 Å². The molecule has 0 saturated heterocycles. The van der Waals surface area contributed by atoms with E-state index >= 15 is 0 Å². The topological polar surface area (TPSA) is 3060 Å². The quantitative estimate of drug-likeness (QED) is 0.218. The van der Waals surface area contributed by atoms with Gasteiger partial charge in [-0.15, -0.1) is 0 Å². The van der Waals surface area contributed by atoms with Gasteiger partial charge in [0.15, 0.2) is 0 Å². The molecule has 0 aromatic rings. The molecule has 0 aromatic heterocycles. The average molecular weight is 1440 g/mol. The smallest absolute Gasteiger partial charge is 0 e. The number of hydrogen-bond donors (Lipinski definition) is 0. The van der Waals surface area contributed by atoms with Gasteiger partial charge in [-0.2, -0.15) is 0 Å². The molecule has 0 rings (SSSR count). The van der Waals surface area contributed by atoms with Gasteiger partial charge in [-0.3, -0.25) is 0 Å². The van der Waals surface area contributed by atoms with E-state index in [0.29, 0.717) is 0 Å². The lowest BCUT2D eigenvalue weighted by Gasteiger charge is -0.413. The summed E-state index contributed by atoms with van der Waals surface area (Å²) in [4.78, 5) is 0. The molecule has 0 amide bonds. The van der Waals surface area contributed by atoms with Crippen LogP contribution in [0.2, 0.25) is 0 Å². The standard InChI is InChI=1S/90N.9H2O.O/h;;;;;;;;;;;;;;;;;;;;;;;;;;;;;;;;;;;;;;;;;;;;;;;;;;;;;;;;;;;;;;;;;;;;;;;;;;;;;;;;;;;;;;;;;;9*1H2;. The predicted molar refractivity (Wildman–Crippen MR) is 225 cm³/mol. The second-order valence-electron chi connectivity index (χ2n) is 0. The molecule has 100 heavy (non-hydrogen) atoms. The molecule has 0 aliphatic rings. The van der Waals surface area contributed by atoms with E-state index in [0.717, 1.165) is 0 Å². The van der Waals surface area contributed by atoms with Crippen LogP contribution in [0.4, 0.5) is 0 Å². The minimum Gasteiger partial charge on any atom is -0.412 e. The van der Waals surface area contributed by atoms with Crippen LogP contribution in [0, 0.1) is 0 Å². The number of rotatable bonds is 0. The summed E-state index contributed by atoms with van der Waals surface area (Å²) >= 11 is 0. The van der Waals surface area contributed by atoms with Gasteiger partial charge in [-0.05, 0) is 0 Å². The first kappa shape index (κ1) is 54100. The maximum Gasteiger partial charge on any atom is 0 e. The fourth-order valence-corrected chi connectivity index (χ4v) is 0. The van der Waals surface area contributed by atoms with Gasteiger partial charge < -0.3 is 49.3 Å². The highest BCUT2D eigenvalue weighted by Crippen LogP contribution is -0.118. The van der Waals surface area contributed by atoms with Crippen LogP contribution in [0.1, 0.15) is 0 Å². The van der Waals surface area contributed by atoms with Crippen molar-refractivity contribution in [2.45, 2.75) is 0 Å². The van der Waals surface area contributed by atoms with Crippen molar-refractivity contribution >= 4 is 0 Å². The molecule has 18 N–H and O–H groups in total. The maximum absolute atomic E-state index is 0. The van der Waals surface area contributed by atoms with E-state index < -0.39 is 0 Å². The fourth-order valence-electron chi connectivity index (χ4n) is 0. The zero-order valence-electron chi connectivity index (χ0n) is 45.2. The molecule has 0 heterocycles. The minimum absolute atomic E-state index is 0. The molecule has 0 bridgehead atoms. The largest absolute Gasteiger partial charge is 0.412 e. The van der Waals surface area contributed by atoms with E-state index in [1.54, 1.807) is 0 Å². The summed E-state index contributed by atoms with van der Waals surface area (Å²) < 4.78 is 0. The highest BCUT2D eigenvalue weighted by Gasteiger charge is 0.0917. The van der Waals surface area contributed by atoms with Crippen molar-refractivity contribution in [3.8, 4) is 0 Å². The molecule has 0 aliphatic carbocycles. The van der Waals surface area contributed by atoms with Gasteiger partial charge in [0, 0.05) is 559 Å². The van der Waals surface area contributed by atoms with Crippen LogP contribution in [-0.2, 0) is 5.48 Å². The zero-order valence-corrected chi connectivity index (χ0v) is 45.2. The van der Waals surface area contributed by atoms with Crippen molar-refractivity contribution in [2.24, 2.45) is 0 Å². The molecule has 0 aromatic carbocycles. The Morgan fingerprint density at radius 2 is 0.0300 bits per heavy atom. The summed E-state index contributed by atoms with van der Waals surface area (Å²) in [7, 11) is 0. The maximum atomic E-state index is 0. The Labute approximate surface area is 608 Å². The van der Waals surface area contributed by atoms with Gasteiger partial charge in [0.25, 0.3) is 0 Å². The molecule has 0 aliphatic heterocycles. The third-order valence-corrected chi connectivity index (χ3v) is 0. The predicted octanol–water partition coefficient (Wildman–Crippen LogP) is -50.8. The normalized spacial score (nSPS) is 0. The van der Waals surface area contributed by atoms with Gasteiger partial charge >= 0.3 is 0 Å². The molecule has 100 heteroatoms. The molecule has 0 fully saturated rings. The zero-order chi connectivity index (χ0) is 0. The first-order valence-corrected chi connectivity index (χ1v) is 0.